The van der Waals surface area contributed by atoms with E-state index in [0.717, 1.165) is 24.0 Å². The van der Waals surface area contributed by atoms with Crippen molar-refractivity contribution in [3.8, 4) is 5.75 Å². The van der Waals surface area contributed by atoms with Crippen LogP contribution in [0, 0.1) is 0 Å². The van der Waals surface area contributed by atoms with Gasteiger partial charge in [-0.1, -0.05) is 66.2 Å². The Morgan fingerprint density at radius 1 is 1.00 bits per heavy atom. The predicted octanol–water partition coefficient (Wildman–Crippen LogP) is 4.77. The monoisotopic (exact) mass is 234 g/mol. The molecule has 1 rings (SSSR count). The van der Waals surface area contributed by atoms with Crippen molar-refractivity contribution in [1.82, 2.24) is 0 Å². The van der Waals surface area contributed by atoms with E-state index in [0.29, 0.717) is 5.75 Å². The Hall–Kier alpha value is -0.980. The summed E-state index contributed by atoms with van der Waals surface area (Å²) in [7, 11) is 0. The molecule has 0 heterocycles. The normalized spacial score (nSPS) is 12.8. The van der Waals surface area contributed by atoms with Crippen LogP contribution in [0.3, 0.4) is 0 Å². The summed E-state index contributed by atoms with van der Waals surface area (Å²) < 4.78 is 0. The van der Waals surface area contributed by atoms with Crippen molar-refractivity contribution < 1.29 is 5.11 Å². The quantitative estimate of drug-likeness (QED) is 0.799. The van der Waals surface area contributed by atoms with Gasteiger partial charge in [0.2, 0.25) is 0 Å². The van der Waals surface area contributed by atoms with Gasteiger partial charge >= 0.3 is 0 Å². The summed E-state index contributed by atoms with van der Waals surface area (Å²) in [4.78, 5) is 0. The third-order valence-corrected chi connectivity index (χ3v) is 3.45. The molecule has 0 saturated carbocycles. The van der Waals surface area contributed by atoms with Crippen LogP contribution in [0.5, 0.6) is 5.75 Å². The van der Waals surface area contributed by atoms with Gasteiger partial charge in [-0.3, -0.25) is 0 Å². The third-order valence-electron chi connectivity index (χ3n) is 3.45. The van der Waals surface area contributed by atoms with Gasteiger partial charge in [-0.05, 0) is 28.4 Å². The molecule has 1 aromatic carbocycles. The molecule has 1 aromatic rings. The first-order valence-electron chi connectivity index (χ1n) is 6.53. The first-order valence-corrected chi connectivity index (χ1v) is 6.53. The molecule has 0 saturated heterocycles. The van der Waals surface area contributed by atoms with Gasteiger partial charge in [0.15, 0.2) is 0 Å². The van der Waals surface area contributed by atoms with Crippen molar-refractivity contribution in [2.45, 2.75) is 65.2 Å². The van der Waals surface area contributed by atoms with E-state index in [1.54, 1.807) is 0 Å². The van der Waals surface area contributed by atoms with Crippen LogP contribution in [0.25, 0.3) is 0 Å². The zero-order valence-corrected chi connectivity index (χ0v) is 12.1. The van der Waals surface area contributed by atoms with Crippen molar-refractivity contribution in [2.75, 3.05) is 0 Å². The van der Waals surface area contributed by atoms with E-state index in [4.69, 9.17) is 0 Å². The summed E-state index contributed by atoms with van der Waals surface area (Å²) in [6.45, 7) is 13.0. The van der Waals surface area contributed by atoms with Crippen LogP contribution in [-0.2, 0) is 10.8 Å². The van der Waals surface area contributed by atoms with Gasteiger partial charge < -0.3 is 5.11 Å². The van der Waals surface area contributed by atoms with E-state index in [2.05, 4.69) is 53.7 Å². The largest absolute Gasteiger partial charge is 0.507 e. The molecule has 0 fully saturated rings. The Morgan fingerprint density at radius 3 is 2.00 bits per heavy atom. The minimum Gasteiger partial charge on any atom is -0.507 e. The molecule has 0 unspecified atom stereocenters. The van der Waals surface area contributed by atoms with Crippen molar-refractivity contribution in [3.63, 3.8) is 0 Å². The third kappa shape index (κ3) is 3.02. The first kappa shape index (κ1) is 14.1. The van der Waals surface area contributed by atoms with E-state index in [1.807, 2.05) is 6.07 Å². The summed E-state index contributed by atoms with van der Waals surface area (Å²) in [6, 6.07) is 6.15. The van der Waals surface area contributed by atoms with Gasteiger partial charge in [0.05, 0.1) is 0 Å². The molecule has 96 valence electrons. The zero-order chi connectivity index (χ0) is 13.3. The minimum absolute atomic E-state index is 0.0115. The van der Waals surface area contributed by atoms with Crippen molar-refractivity contribution in [2.24, 2.45) is 0 Å². The lowest BCUT2D eigenvalue weighted by atomic mass is 9.76. The molecule has 17 heavy (non-hydrogen) atoms. The number of phenols is 1. The van der Waals surface area contributed by atoms with Gasteiger partial charge in [0, 0.05) is 0 Å². The maximum Gasteiger partial charge on any atom is 0.123 e. The van der Waals surface area contributed by atoms with Gasteiger partial charge in [-0.25, -0.2) is 0 Å². The second-order valence-corrected chi connectivity index (χ2v) is 6.59. The summed E-state index contributed by atoms with van der Waals surface area (Å²) in [5.74, 6) is 0.485. The van der Waals surface area contributed by atoms with E-state index >= 15 is 0 Å². The number of rotatable bonds is 3. The zero-order valence-electron chi connectivity index (χ0n) is 12.1. The molecule has 0 radical (unpaired) electrons. The number of aromatic hydroxyl groups is 1. The topological polar surface area (TPSA) is 20.2 Å². The molecule has 0 aromatic heterocycles. The molecule has 0 aliphatic heterocycles. The van der Waals surface area contributed by atoms with E-state index in [1.165, 1.54) is 0 Å². The fourth-order valence-electron chi connectivity index (χ4n) is 2.45. The maximum atomic E-state index is 10.5. The number of para-hydroxylation sites is 1. The SMILES string of the molecule is CCCC(C)(C)c1cccc(C(C)(C)C)c1O. The van der Waals surface area contributed by atoms with Crippen LogP contribution in [-0.4, -0.2) is 5.11 Å². The second kappa shape index (κ2) is 4.72. The van der Waals surface area contributed by atoms with E-state index < -0.39 is 0 Å². The molecule has 0 atom stereocenters. The highest BCUT2D eigenvalue weighted by Gasteiger charge is 2.27. The molecular weight excluding hydrogens is 208 g/mol. The number of phenolic OH excluding ortho intramolecular Hbond substituents is 1. The molecule has 1 nitrogen and oxygen atoms in total. The molecule has 0 spiro atoms. The molecule has 0 amide bonds. The second-order valence-electron chi connectivity index (χ2n) is 6.59. The molecule has 0 aliphatic rings. The Balaban J connectivity index is 3.29. The Kier molecular flexibility index (Phi) is 3.91. The molecule has 1 N–H and O–H groups in total. The fourth-order valence-corrected chi connectivity index (χ4v) is 2.45. The van der Waals surface area contributed by atoms with Gasteiger partial charge in [0.25, 0.3) is 0 Å². The fraction of sp³-hybridized carbons (Fsp3) is 0.625. The van der Waals surface area contributed by atoms with Crippen molar-refractivity contribution in [1.29, 1.82) is 0 Å². The number of hydrogen-bond acceptors (Lipinski definition) is 1. The highest BCUT2D eigenvalue weighted by molar-refractivity contribution is 5.47. The standard InChI is InChI=1S/C16H26O/c1-7-11-16(5,6)13-10-8-9-12(14(13)17)15(2,3)4/h8-10,17H,7,11H2,1-6H3. The van der Waals surface area contributed by atoms with Crippen molar-refractivity contribution in [3.05, 3.63) is 29.3 Å². The van der Waals surface area contributed by atoms with Crippen LogP contribution in [0.15, 0.2) is 18.2 Å². The average molecular weight is 234 g/mol. The summed E-state index contributed by atoms with van der Waals surface area (Å²) >= 11 is 0. The van der Waals surface area contributed by atoms with Gasteiger partial charge in [0.1, 0.15) is 5.75 Å². The van der Waals surface area contributed by atoms with E-state index in [9.17, 15) is 5.11 Å². The van der Waals surface area contributed by atoms with Crippen molar-refractivity contribution >= 4 is 0 Å². The van der Waals surface area contributed by atoms with Crippen LogP contribution in [0.2, 0.25) is 0 Å². The average Bonchev–Trinajstić information content (AvgIpc) is 2.15. The Morgan fingerprint density at radius 2 is 1.53 bits per heavy atom. The Labute approximate surface area is 106 Å². The van der Waals surface area contributed by atoms with E-state index in [-0.39, 0.29) is 10.8 Å². The van der Waals surface area contributed by atoms with Crippen LogP contribution >= 0.6 is 0 Å². The van der Waals surface area contributed by atoms with Gasteiger partial charge in [-0.2, -0.15) is 0 Å². The molecular formula is C16H26O. The van der Waals surface area contributed by atoms with Crippen LogP contribution in [0.1, 0.15) is 65.5 Å². The van der Waals surface area contributed by atoms with Crippen LogP contribution in [0.4, 0.5) is 0 Å². The minimum atomic E-state index is -0.0115. The number of hydrogen-bond donors (Lipinski definition) is 1. The summed E-state index contributed by atoms with van der Waals surface area (Å²) in [6.07, 6.45) is 2.22. The maximum absolute atomic E-state index is 10.5. The first-order chi connectivity index (χ1) is 7.70. The highest BCUT2D eigenvalue weighted by atomic mass is 16.3. The lowest BCUT2D eigenvalue weighted by Gasteiger charge is -2.29. The lowest BCUT2D eigenvalue weighted by Crippen LogP contribution is -2.19. The molecule has 0 aliphatic carbocycles. The predicted molar refractivity (Wildman–Crippen MR) is 74.7 cm³/mol. The number of benzene rings is 1. The Bertz CT molecular complexity index is 383. The summed E-state index contributed by atoms with van der Waals surface area (Å²) in [5.41, 5.74) is 2.15. The molecule has 0 bridgehead atoms. The smallest absolute Gasteiger partial charge is 0.123 e. The summed E-state index contributed by atoms with van der Waals surface area (Å²) in [5, 5.41) is 10.5. The van der Waals surface area contributed by atoms with Gasteiger partial charge in [-0.15, -0.1) is 0 Å². The lowest BCUT2D eigenvalue weighted by molar-refractivity contribution is 0.402. The highest BCUT2D eigenvalue weighted by Crippen LogP contribution is 2.40. The van der Waals surface area contributed by atoms with Crippen LogP contribution < -0.4 is 0 Å². The molecule has 1 heteroatoms.